The second-order valence-corrected chi connectivity index (χ2v) is 4.99. The zero-order valence-corrected chi connectivity index (χ0v) is 10.6. The summed E-state index contributed by atoms with van der Waals surface area (Å²) in [7, 11) is 1.41. The molecule has 6 heteroatoms. The van der Waals surface area contributed by atoms with Crippen LogP contribution in [0.2, 0.25) is 0 Å². The summed E-state index contributed by atoms with van der Waals surface area (Å²) >= 11 is 1.55. The van der Waals surface area contributed by atoms with Crippen molar-refractivity contribution in [2.75, 3.05) is 13.7 Å². The maximum Gasteiger partial charge on any atom is 0.311 e. The third kappa shape index (κ3) is 3.90. The summed E-state index contributed by atoms with van der Waals surface area (Å²) in [5.74, 6) is 0.894. The van der Waals surface area contributed by atoms with E-state index >= 15 is 0 Å². The molecule has 5 nitrogen and oxygen atoms in total. The number of aliphatic hydroxyl groups excluding tert-OH is 1. The highest BCUT2D eigenvalue weighted by Crippen LogP contribution is 2.29. The highest BCUT2D eigenvalue weighted by molar-refractivity contribution is 7.99. The number of rotatable bonds is 6. The molecule has 0 amide bonds. The second-order valence-electron chi connectivity index (χ2n) is 3.57. The fraction of sp³-hybridized carbons (Fsp3) is 0.455. The molecule has 17 heavy (non-hydrogen) atoms. The van der Waals surface area contributed by atoms with Crippen molar-refractivity contribution in [1.82, 2.24) is 0 Å². The van der Waals surface area contributed by atoms with Crippen molar-refractivity contribution in [2.24, 2.45) is 0 Å². The van der Waals surface area contributed by atoms with Crippen molar-refractivity contribution in [1.29, 1.82) is 0 Å². The third-order valence-electron chi connectivity index (χ3n) is 2.23. The number of hydrogen-bond donors (Lipinski definition) is 1. The van der Waals surface area contributed by atoms with E-state index in [1.807, 2.05) is 6.92 Å². The Morgan fingerprint density at radius 3 is 2.82 bits per heavy atom. The van der Waals surface area contributed by atoms with E-state index in [1.165, 1.54) is 13.2 Å². The Labute approximate surface area is 104 Å². The zero-order valence-electron chi connectivity index (χ0n) is 9.75. The first-order chi connectivity index (χ1) is 8.08. The summed E-state index contributed by atoms with van der Waals surface area (Å²) in [4.78, 5) is 10.4. The Kier molecular flexibility index (Phi) is 5.24. The van der Waals surface area contributed by atoms with E-state index in [2.05, 4.69) is 0 Å². The highest BCUT2D eigenvalue weighted by atomic mass is 32.2. The number of methoxy groups -OCH3 is 1. The van der Waals surface area contributed by atoms with Crippen LogP contribution in [-0.4, -0.2) is 29.0 Å². The number of nitrogens with zero attached hydrogens (tertiary/aromatic N) is 1. The summed E-state index contributed by atoms with van der Waals surface area (Å²) in [6, 6.07) is 4.90. The molecule has 0 aliphatic rings. The SMILES string of the molecule is COc1ccc(CSC(C)CO)cc1[N+](=O)[O-]. The smallest absolute Gasteiger partial charge is 0.311 e. The van der Waals surface area contributed by atoms with Gasteiger partial charge < -0.3 is 9.84 Å². The van der Waals surface area contributed by atoms with Gasteiger partial charge in [0.25, 0.3) is 0 Å². The minimum Gasteiger partial charge on any atom is -0.490 e. The van der Waals surface area contributed by atoms with Gasteiger partial charge in [-0.2, -0.15) is 11.8 Å². The molecule has 1 aromatic rings. The van der Waals surface area contributed by atoms with E-state index in [9.17, 15) is 10.1 Å². The molecule has 94 valence electrons. The molecule has 1 N–H and O–H groups in total. The number of aliphatic hydroxyl groups is 1. The Bertz CT molecular complexity index is 397. The van der Waals surface area contributed by atoms with Crippen LogP contribution in [0, 0.1) is 10.1 Å². The van der Waals surface area contributed by atoms with Crippen LogP contribution < -0.4 is 4.74 Å². The van der Waals surface area contributed by atoms with Gasteiger partial charge in [-0.05, 0) is 11.6 Å². The predicted octanol–water partition coefficient (Wildman–Crippen LogP) is 2.22. The molecule has 0 saturated carbocycles. The standard InChI is InChI=1S/C11H15NO4S/c1-8(6-13)17-7-9-3-4-11(16-2)10(5-9)12(14)15/h3-5,8,13H,6-7H2,1-2H3. The Morgan fingerprint density at radius 1 is 1.59 bits per heavy atom. The van der Waals surface area contributed by atoms with Gasteiger partial charge in [0.1, 0.15) is 0 Å². The fourth-order valence-corrected chi connectivity index (χ4v) is 2.02. The van der Waals surface area contributed by atoms with E-state index < -0.39 is 4.92 Å². The van der Waals surface area contributed by atoms with Gasteiger partial charge in [-0.3, -0.25) is 10.1 Å². The molecule has 0 saturated heterocycles. The minimum absolute atomic E-state index is 0.0257. The van der Waals surface area contributed by atoms with Gasteiger partial charge in [-0.15, -0.1) is 0 Å². The molecule has 1 rings (SSSR count). The van der Waals surface area contributed by atoms with Gasteiger partial charge in [0.05, 0.1) is 18.6 Å². The van der Waals surface area contributed by atoms with Crippen LogP contribution in [0.15, 0.2) is 18.2 Å². The van der Waals surface area contributed by atoms with E-state index in [0.717, 1.165) is 5.56 Å². The van der Waals surface area contributed by atoms with Crippen molar-refractivity contribution in [2.45, 2.75) is 17.9 Å². The predicted molar refractivity (Wildman–Crippen MR) is 67.5 cm³/mol. The van der Waals surface area contributed by atoms with Crippen molar-refractivity contribution < 1.29 is 14.8 Å². The molecule has 0 spiro atoms. The quantitative estimate of drug-likeness (QED) is 0.625. The summed E-state index contributed by atoms with van der Waals surface area (Å²) < 4.78 is 4.92. The third-order valence-corrected chi connectivity index (χ3v) is 3.45. The first kappa shape index (κ1) is 13.8. The number of hydrogen-bond acceptors (Lipinski definition) is 5. The minimum atomic E-state index is -0.456. The number of ether oxygens (including phenoxy) is 1. The van der Waals surface area contributed by atoms with E-state index in [-0.39, 0.29) is 23.3 Å². The molecule has 1 unspecified atom stereocenters. The fourth-order valence-electron chi connectivity index (χ4n) is 1.26. The van der Waals surface area contributed by atoms with Crippen LogP contribution in [0.1, 0.15) is 12.5 Å². The molecular formula is C11H15NO4S. The molecule has 1 atom stereocenters. The second kappa shape index (κ2) is 6.46. The highest BCUT2D eigenvalue weighted by Gasteiger charge is 2.15. The van der Waals surface area contributed by atoms with Crippen molar-refractivity contribution in [3.05, 3.63) is 33.9 Å². The maximum absolute atomic E-state index is 10.8. The lowest BCUT2D eigenvalue weighted by Gasteiger charge is -2.08. The Balaban J connectivity index is 2.81. The van der Waals surface area contributed by atoms with E-state index in [0.29, 0.717) is 5.75 Å². The maximum atomic E-state index is 10.8. The average Bonchev–Trinajstić information content (AvgIpc) is 2.35. The molecule has 0 fully saturated rings. The normalized spacial score (nSPS) is 12.2. The number of nitro groups is 1. The van der Waals surface area contributed by atoms with Crippen molar-refractivity contribution in [3.63, 3.8) is 0 Å². The first-order valence-electron chi connectivity index (χ1n) is 5.12. The summed E-state index contributed by atoms with van der Waals surface area (Å²) in [6.45, 7) is 2.01. The van der Waals surface area contributed by atoms with Crippen LogP contribution in [0.3, 0.4) is 0 Å². The lowest BCUT2D eigenvalue weighted by molar-refractivity contribution is -0.385. The monoisotopic (exact) mass is 257 g/mol. The lowest BCUT2D eigenvalue weighted by Crippen LogP contribution is -2.02. The zero-order chi connectivity index (χ0) is 12.8. The van der Waals surface area contributed by atoms with Crippen LogP contribution in [-0.2, 0) is 5.75 Å². The molecule has 1 aromatic carbocycles. The van der Waals surface area contributed by atoms with Gasteiger partial charge in [0.15, 0.2) is 5.75 Å². The molecule has 0 aliphatic heterocycles. The largest absolute Gasteiger partial charge is 0.490 e. The summed E-state index contributed by atoms with van der Waals surface area (Å²) in [5, 5.41) is 19.8. The van der Waals surface area contributed by atoms with Crippen LogP contribution in [0.25, 0.3) is 0 Å². The van der Waals surface area contributed by atoms with Gasteiger partial charge in [0, 0.05) is 17.1 Å². The molecule has 0 heterocycles. The van der Waals surface area contributed by atoms with Crippen molar-refractivity contribution >= 4 is 17.4 Å². The van der Waals surface area contributed by atoms with Gasteiger partial charge in [0.2, 0.25) is 0 Å². The number of nitro benzene ring substituents is 1. The van der Waals surface area contributed by atoms with Gasteiger partial charge in [-0.1, -0.05) is 13.0 Å². The molecular weight excluding hydrogens is 242 g/mol. The van der Waals surface area contributed by atoms with E-state index in [4.69, 9.17) is 9.84 Å². The number of benzene rings is 1. The summed E-state index contributed by atoms with van der Waals surface area (Å²) in [6.07, 6.45) is 0. The van der Waals surface area contributed by atoms with E-state index in [1.54, 1.807) is 23.9 Å². The summed E-state index contributed by atoms with van der Waals surface area (Å²) in [5.41, 5.74) is 0.824. The molecule has 0 aliphatic carbocycles. The lowest BCUT2D eigenvalue weighted by atomic mass is 10.2. The topological polar surface area (TPSA) is 72.6 Å². The Morgan fingerprint density at radius 2 is 2.29 bits per heavy atom. The molecule has 0 bridgehead atoms. The van der Waals surface area contributed by atoms with Gasteiger partial charge in [-0.25, -0.2) is 0 Å². The first-order valence-corrected chi connectivity index (χ1v) is 6.17. The van der Waals surface area contributed by atoms with Gasteiger partial charge >= 0.3 is 5.69 Å². The molecule has 0 aromatic heterocycles. The van der Waals surface area contributed by atoms with Crippen LogP contribution in [0.5, 0.6) is 5.75 Å². The average molecular weight is 257 g/mol. The van der Waals surface area contributed by atoms with Crippen LogP contribution in [0.4, 0.5) is 5.69 Å². The molecule has 0 radical (unpaired) electrons. The van der Waals surface area contributed by atoms with Crippen LogP contribution >= 0.6 is 11.8 Å². The number of thioether (sulfide) groups is 1. The Hall–Kier alpha value is -1.27. The van der Waals surface area contributed by atoms with Crippen molar-refractivity contribution in [3.8, 4) is 5.75 Å².